The first-order chi connectivity index (χ1) is 10.1. The molecule has 21 heavy (non-hydrogen) atoms. The first-order valence-corrected chi connectivity index (χ1v) is 8.85. The summed E-state index contributed by atoms with van der Waals surface area (Å²) in [5.41, 5.74) is 1.63. The van der Waals surface area contributed by atoms with Crippen molar-refractivity contribution in [2.24, 2.45) is 0 Å². The van der Waals surface area contributed by atoms with Gasteiger partial charge in [-0.05, 0) is 0 Å². The molecule has 3 rings (SSSR count). The normalized spacial score (nSPS) is 12.5. The van der Waals surface area contributed by atoms with Crippen LogP contribution in [0.2, 0.25) is 0 Å². The van der Waals surface area contributed by atoms with Crippen LogP contribution in [0.1, 0.15) is 5.69 Å². The number of rotatable bonds is 3. The number of hydrogen-bond donors (Lipinski definition) is 1. The molecule has 0 aliphatic rings. The second kappa shape index (κ2) is 5.43. The molecule has 1 unspecified atom stereocenters. The van der Waals surface area contributed by atoms with Crippen LogP contribution in [0.3, 0.4) is 0 Å². The molecule has 0 radical (unpaired) electrons. The number of aryl methyl sites for hydroxylation is 1. The predicted molar refractivity (Wildman–Crippen MR) is 81.7 cm³/mol. The minimum absolute atomic E-state index is 0.323. The van der Waals surface area contributed by atoms with Crippen molar-refractivity contribution in [2.45, 2.75) is 6.92 Å². The van der Waals surface area contributed by atoms with Crippen LogP contribution >= 0.6 is 0 Å². The van der Waals surface area contributed by atoms with Gasteiger partial charge in [-0.2, -0.15) is 0 Å². The average molecular weight is 350 g/mol. The SMILES string of the molecule is COc1ccc([Se](=O)c2c(C)[nH]c3ccc(F)cc23)cc1. The van der Waals surface area contributed by atoms with Crippen molar-refractivity contribution >= 4 is 33.7 Å². The van der Waals surface area contributed by atoms with Crippen LogP contribution in [0.15, 0.2) is 42.5 Å². The Morgan fingerprint density at radius 2 is 1.86 bits per heavy atom. The summed E-state index contributed by atoms with van der Waals surface area (Å²) in [6, 6.07) is 11.7. The molecule has 3 nitrogen and oxygen atoms in total. The van der Waals surface area contributed by atoms with E-state index >= 15 is 0 Å². The molecule has 5 heteroatoms. The minimum atomic E-state index is -2.46. The second-order valence-electron chi connectivity index (χ2n) is 4.71. The van der Waals surface area contributed by atoms with Gasteiger partial charge >= 0.3 is 125 Å². The van der Waals surface area contributed by atoms with Crippen LogP contribution in [-0.2, 0) is 3.83 Å². The summed E-state index contributed by atoms with van der Waals surface area (Å²) in [5.74, 6) is 0.399. The molecular formula is C16H14FNO2Se. The molecule has 0 bridgehead atoms. The molecule has 0 aliphatic carbocycles. The Labute approximate surface area is 125 Å². The van der Waals surface area contributed by atoms with Crippen LogP contribution in [0.5, 0.6) is 5.75 Å². The van der Waals surface area contributed by atoms with Gasteiger partial charge in [0.2, 0.25) is 0 Å². The van der Waals surface area contributed by atoms with Gasteiger partial charge in [-0.15, -0.1) is 0 Å². The van der Waals surface area contributed by atoms with E-state index in [1.165, 1.54) is 12.1 Å². The second-order valence-corrected chi connectivity index (χ2v) is 7.69. The number of ether oxygens (including phenoxy) is 1. The van der Waals surface area contributed by atoms with Gasteiger partial charge in [-0.1, -0.05) is 0 Å². The van der Waals surface area contributed by atoms with Gasteiger partial charge in [-0.25, -0.2) is 0 Å². The topological polar surface area (TPSA) is 42.1 Å². The van der Waals surface area contributed by atoms with Crippen molar-refractivity contribution in [1.29, 1.82) is 0 Å². The van der Waals surface area contributed by atoms with Gasteiger partial charge in [0.25, 0.3) is 0 Å². The summed E-state index contributed by atoms with van der Waals surface area (Å²) in [6.45, 7) is 1.87. The Bertz CT molecular complexity index is 824. The number of benzene rings is 2. The zero-order valence-corrected chi connectivity index (χ0v) is 13.4. The van der Waals surface area contributed by atoms with Gasteiger partial charge in [0.1, 0.15) is 0 Å². The molecule has 0 saturated heterocycles. The third kappa shape index (κ3) is 2.50. The van der Waals surface area contributed by atoms with E-state index in [0.717, 1.165) is 25.9 Å². The van der Waals surface area contributed by atoms with Crippen LogP contribution in [0.4, 0.5) is 4.39 Å². The Balaban J connectivity index is 2.12. The van der Waals surface area contributed by atoms with E-state index < -0.39 is 13.8 Å². The fourth-order valence-electron chi connectivity index (χ4n) is 2.33. The number of nitrogens with one attached hydrogen (secondary N) is 1. The molecule has 1 heterocycles. The van der Waals surface area contributed by atoms with Crippen molar-refractivity contribution in [3.05, 3.63) is 54.0 Å². The van der Waals surface area contributed by atoms with E-state index in [-0.39, 0.29) is 5.82 Å². The van der Waals surface area contributed by atoms with Crippen LogP contribution < -0.4 is 13.7 Å². The molecule has 0 spiro atoms. The predicted octanol–water partition coefficient (Wildman–Crippen LogP) is 2.16. The Morgan fingerprint density at radius 1 is 1.14 bits per heavy atom. The van der Waals surface area contributed by atoms with Gasteiger partial charge in [-0.3, -0.25) is 0 Å². The molecule has 108 valence electrons. The van der Waals surface area contributed by atoms with E-state index in [1.807, 2.05) is 6.92 Å². The van der Waals surface area contributed by atoms with Gasteiger partial charge in [0.15, 0.2) is 0 Å². The van der Waals surface area contributed by atoms with E-state index in [2.05, 4.69) is 4.98 Å². The van der Waals surface area contributed by atoms with E-state index in [9.17, 15) is 8.23 Å². The third-order valence-corrected chi connectivity index (χ3v) is 6.70. The van der Waals surface area contributed by atoms with Crippen molar-refractivity contribution in [3.63, 3.8) is 0 Å². The number of halogens is 1. The summed E-state index contributed by atoms with van der Waals surface area (Å²) in [7, 11) is 1.59. The zero-order valence-electron chi connectivity index (χ0n) is 11.6. The molecule has 0 saturated carbocycles. The van der Waals surface area contributed by atoms with Crippen LogP contribution in [-0.4, -0.2) is 25.9 Å². The fraction of sp³-hybridized carbons (Fsp3) is 0.125. The van der Waals surface area contributed by atoms with Crippen LogP contribution in [0, 0.1) is 12.7 Å². The fourth-order valence-corrected chi connectivity index (χ4v) is 5.09. The number of aromatic amines is 1. The van der Waals surface area contributed by atoms with E-state index in [4.69, 9.17) is 4.74 Å². The van der Waals surface area contributed by atoms with Gasteiger partial charge < -0.3 is 0 Å². The first kappa shape index (κ1) is 14.0. The number of aromatic nitrogens is 1. The van der Waals surface area contributed by atoms with Gasteiger partial charge in [0, 0.05) is 0 Å². The Kier molecular flexibility index (Phi) is 3.62. The maximum absolute atomic E-state index is 13.5. The van der Waals surface area contributed by atoms with E-state index in [0.29, 0.717) is 5.39 Å². The summed E-state index contributed by atoms with van der Waals surface area (Å²) in [5, 5.41) is 0.698. The molecule has 0 aliphatic heterocycles. The van der Waals surface area contributed by atoms with E-state index in [1.54, 1.807) is 37.4 Å². The Morgan fingerprint density at radius 3 is 2.52 bits per heavy atom. The monoisotopic (exact) mass is 351 g/mol. The molecule has 0 amide bonds. The molecular weight excluding hydrogens is 336 g/mol. The molecule has 1 atom stereocenters. The molecule has 1 aromatic heterocycles. The maximum atomic E-state index is 13.5. The number of H-pyrrole nitrogens is 1. The molecule has 3 aromatic rings. The van der Waals surface area contributed by atoms with Crippen LogP contribution in [0.25, 0.3) is 10.9 Å². The molecule has 0 fully saturated rings. The molecule has 1 N–H and O–H groups in total. The average Bonchev–Trinajstić information content (AvgIpc) is 2.82. The number of methoxy groups -OCH3 is 1. The summed E-state index contributed by atoms with van der Waals surface area (Å²) in [4.78, 5) is 3.17. The summed E-state index contributed by atoms with van der Waals surface area (Å²) < 4.78 is 32.9. The quantitative estimate of drug-likeness (QED) is 0.736. The van der Waals surface area contributed by atoms with Crippen molar-refractivity contribution in [1.82, 2.24) is 4.98 Å². The van der Waals surface area contributed by atoms with Crippen molar-refractivity contribution in [3.8, 4) is 5.75 Å². The van der Waals surface area contributed by atoms with Gasteiger partial charge in [0.05, 0.1) is 0 Å². The summed E-state index contributed by atoms with van der Waals surface area (Å²) in [6.07, 6.45) is 0. The van der Waals surface area contributed by atoms with Crippen molar-refractivity contribution < 1.29 is 13.0 Å². The summed E-state index contributed by atoms with van der Waals surface area (Å²) >= 11 is -2.46. The molecule has 2 aromatic carbocycles. The number of hydrogen-bond acceptors (Lipinski definition) is 2. The Hall–Kier alpha value is -1.97. The standard InChI is InChI=1S/C16H14FNO2Se/c1-10-16(14-9-11(17)3-8-15(14)18-10)21(19)13-6-4-12(20-2)5-7-13/h3-9,18H,1-2H3. The zero-order chi connectivity index (χ0) is 15.0. The first-order valence-electron chi connectivity index (χ1n) is 6.44. The number of fused-ring (bicyclic) bond motifs is 1. The van der Waals surface area contributed by atoms with Crippen molar-refractivity contribution in [2.75, 3.05) is 7.11 Å². The third-order valence-electron chi connectivity index (χ3n) is 3.35.